The second-order valence-electron chi connectivity index (χ2n) is 10.9. The molecule has 1 N–H and O–H groups in total. The molecule has 4 atom stereocenters. The summed E-state index contributed by atoms with van der Waals surface area (Å²) in [6.45, 7) is 7.84. The summed E-state index contributed by atoms with van der Waals surface area (Å²) in [6.07, 6.45) is 5.64. The van der Waals surface area contributed by atoms with E-state index in [2.05, 4.69) is 57.3 Å². The quantitative estimate of drug-likeness (QED) is 0.405. The van der Waals surface area contributed by atoms with Crippen molar-refractivity contribution in [3.8, 4) is 0 Å². The Morgan fingerprint density at radius 3 is 2.16 bits per heavy atom. The minimum Gasteiger partial charge on any atom is -0.312 e. The van der Waals surface area contributed by atoms with Crippen molar-refractivity contribution in [2.45, 2.75) is 87.7 Å². The van der Waals surface area contributed by atoms with Gasteiger partial charge in [0, 0.05) is 30.6 Å². The smallest absolute Gasteiger partial charge is 0.240 e. The van der Waals surface area contributed by atoms with E-state index >= 15 is 0 Å². The average molecular weight is 522 g/mol. The molecule has 2 saturated heterocycles. The third kappa shape index (κ3) is 5.66. The van der Waals surface area contributed by atoms with Crippen LogP contribution in [0.2, 0.25) is 0 Å². The molecular formula is C29H39N5O2S. The van der Waals surface area contributed by atoms with Crippen molar-refractivity contribution in [1.82, 2.24) is 24.4 Å². The maximum absolute atomic E-state index is 12.9. The van der Waals surface area contributed by atoms with Crippen LogP contribution in [0.3, 0.4) is 0 Å². The highest BCUT2D eigenvalue weighted by molar-refractivity contribution is 7.89. The van der Waals surface area contributed by atoms with Crippen LogP contribution in [0.4, 0.5) is 0 Å². The SMILES string of the molecule is Cc1nnc(C(C)C)n1[C@H]1C[C@H]2CC[C@@H](C1)N2CCC(CNS(=O)(=O)c1ccccc1)c1ccccc1. The lowest BCUT2D eigenvalue weighted by Crippen LogP contribution is -2.44. The summed E-state index contributed by atoms with van der Waals surface area (Å²) in [4.78, 5) is 3.01. The van der Waals surface area contributed by atoms with Gasteiger partial charge in [0.2, 0.25) is 10.0 Å². The number of hydrogen-bond acceptors (Lipinski definition) is 5. The van der Waals surface area contributed by atoms with Crippen LogP contribution in [0.25, 0.3) is 0 Å². The first kappa shape index (κ1) is 26.1. The van der Waals surface area contributed by atoms with Crippen molar-refractivity contribution in [3.63, 3.8) is 0 Å². The third-order valence-corrected chi connectivity index (χ3v) is 9.65. The number of hydrogen-bond donors (Lipinski definition) is 1. The summed E-state index contributed by atoms with van der Waals surface area (Å²) in [5, 5.41) is 8.88. The largest absolute Gasteiger partial charge is 0.312 e. The molecule has 3 aromatic rings. The van der Waals surface area contributed by atoms with Gasteiger partial charge in [-0.3, -0.25) is 4.90 Å². The van der Waals surface area contributed by atoms with E-state index in [-0.39, 0.29) is 5.92 Å². The highest BCUT2D eigenvalue weighted by Gasteiger charge is 2.42. The third-order valence-electron chi connectivity index (χ3n) is 8.21. The zero-order valence-corrected chi connectivity index (χ0v) is 22.9. The Morgan fingerprint density at radius 2 is 1.54 bits per heavy atom. The number of aryl methyl sites for hydroxylation is 1. The van der Waals surface area contributed by atoms with Crippen molar-refractivity contribution >= 4 is 10.0 Å². The number of nitrogens with one attached hydrogen (secondary N) is 1. The Hall–Kier alpha value is -2.55. The highest BCUT2D eigenvalue weighted by Crippen LogP contribution is 2.42. The van der Waals surface area contributed by atoms with E-state index in [1.807, 2.05) is 24.3 Å². The number of piperidine rings is 1. The molecule has 2 fully saturated rings. The summed E-state index contributed by atoms with van der Waals surface area (Å²) in [5.41, 5.74) is 1.18. The fraction of sp³-hybridized carbons (Fsp3) is 0.517. The lowest BCUT2D eigenvalue weighted by atomic mass is 9.92. The van der Waals surface area contributed by atoms with Gasteiger partial charge in [-0.25, -0.2) is 13.1 Å². The van der Waals surface area contributed by atoms with Gasteiger partial charge in [-0.05, 0) is 69.2 Å². The molecule has 1 aromatic heterocycles. The Morgan fingerprint density at radius 1 is 0.919 bits per heavy atom. The lowest BCUT2D eigenvalue weighted by Gasteiger charge is -2.40. The van der Waals surface area contributed by atoms with Crippen LogP contribution in [0.1, 0.15) is 81.0 Å². The van der Waals surface area contributed by atoms with Crippen LogP contribution >= 0.6 is 0 Å². The first-order chi connectivity index (χ1) is 17.8. The zero-order chi connectivity index (χ0) is 26.0. The van der Waals surface area contributed by atoms with Crippen molar-refractivity contribution in [2.75, 3.05) is 13.1 Å². The molecule has 198 valence electrons. The first-order valence-corrected chi connectivity index (χ1v) is 15.1. The fourth-order valence-corrected chi connectivity index (χ4v) is 7.46. The Kier molecular flexibility index (Phi) is 7.79. The van der Waals surface area contributed by atoms with Gasteiger partial charge in [0.1, 0.15) is 11.6 Å². The molecule has 1 unspecified atom stereocenters. The van der Waals surface area contributed by atoms with Gasteiger partial charge in [0.15, 0.2) is 0 Å². The van der Waals surface area contributed by atoms with Crippen LogP contribution in [0, 0.1) is 6.92 Å². The molecule has 8 heteroatoms. The van der Waals surface area contributed by atoms with Gasteiger partial charge in [-0.15, -0.1) is 10.2 Å². The summed E-state index contributed by atoms with van der Waals surface area (Å²) in [6, 6.07) is 20.5. The minimum atomic E-state index is -3.54. The number of benzene rings is 2. The predicted molar refractivity (Wildman–Crippen MR) is 146 cm³/mol. The molecule has 2 bridgehead atoms. The molecule has 2 aliphatic rings. The molecule has 0 spiro atoms. The van der Waals surface area contributed by atoms with E-state index < -0.39 is 10.0 Å². The van der Waals surface area contributed by atoms with E-state index in [0.29, 0.717) is 35.5 Å². The molecule has 0 aliphatic carbocycles. The van der Waals surface area contributed by atoms with Gasteiger partial charge in [-0.1, -0.05) is 62.4 Å². The molecule has 0 radical (unpaired) electrons. The molecule has 5 rings (SSSR count). The summed E-state index contributed by atoms with van der Waals surface area (Å²) in [5.74, 6) is 2.61. The van der Waals surface area contributed by atoms with E-state index in [1.165, 1.54) is 18.4 Å². The van der Waals surface area contributed by atoms with E-state index in [0.717, 1.165) is 37.5 Å². The minimum absolute atomic E-state index is 0.115. The van der Waals surface area contributed by atoms with Crippen LogP contribution in [-0.2, 0) is 10.0 Å². The zero-order valence-electron chi connectivity index (χ0n) is 22.1. The molecule has 7 nitrogen and oxygen atoms in total. The maximum atomic E-state index is 12.9. The van der Waals surface area contributed by atoms with Crippen molar-refractivity contribution in [1.29, 1.82) is 0 Å². The summed E-state index contributed by atoms with van der Waals surface area (Å²) in [7, 11) is -3.54. The fourth-order valence-electron chi connectivity index (χ4n) is 6.36. The Labute approximate surface area is 221 Å². The Balaban J connectivity index is 1.27. The van der Waals surface area contributed by atoms with E-state index in [9.17, 15) is 8.42 Å². The monoisotopic (exact) mass is 521 g/mol. The van der Waals surface area contributed by atoms with Crippen LogP contribution in [0.5, 0.6) is 0 Å². The van der Waals surface area contributed by atoms with Crippen LogP contribution in [0.15, 0.2) is 65.6 Å². The Bertz CT molecular complexity index is 1260. The average Bonchev–Trinajstić information content (AvgIpc) is 3.40. The summed E-state index contributed by atoms with van der Waals surface area (Å²) >= 11 is 0. The van der Waals surface area contributed by atoms with Gasteiger partial charge in [0.25, 0.3) is 0 Å². The number of sulfonamides is 1. The second kappa shape index (κ2) is 11.1. The normalized spacial score (nSPS) is 23.0. The number of rotatable bonds is 10. The molecule has 0 saturated carbocycles. The van der Waals surface area contributed by atoms with Gasteiger partial charge in [0.05, 0.1) is 4.90 Å². The van der Waals surface area contributed by atoms with Gasteiger partial charge in [-0.2, -0.15) is 0 Å². The lowest BCUT2D eigenvalue weighted by molar-refractivity contribution is 0.101. The predicted octanol–water partition coefficient (Wildman–Crippen LogP) is 5.03. The van der Waals surface area contributed by atoms with Crippen molar-refractivity contribution in [3.05, 3.63) is 77.9 Å². The van der Waals surface area contributed by atoms with Gasteiger partial charge >= 0.3 is 0 Å². The molecule has 2 aromatic carbocycles. The molecule has 2 aliphatic heterocycles. The van der Waals surface area contributed by atoms with Crippen LogP contribution in [-0.4, -0.2) is 53.3 Å². The highest BCUT2D eigenvalue weighted by atomic mass is 32.2. The molecular weight excluding hydrogens is 482 g/mol. The topological polar surface area (TPSA) is 80.1 Å². The maximum Gasteiger partial charge on any atom is 0.240 e. The first-order valence-electron chi connectivity index (χ1n) is 13.6. The van der Waals surface area contributed by atoms with Crippen molar-refractivity contribution in [2.24, 2.45) is 0 Å². The second-order valence-corrected chi connectivity index (χ2v) is 12.7. The number of fused-ring (bicyclic) bond motifs is 2. The van der Waals surface area contributed by atoms with E-state index in [4.69, 9.17) is 0 Å². The van der Waals surface area contributed by atoms with Crippen LogP contribution < -0.4 is 4.72 Å². The molecule has 0 amide bonds. The van der Waals surface area contributed by atoms with Crippen molar-refractivity contribution < 1.29 is 8.42 Å². The summed E-state index contributed by atoms with van der Waals surface area (Å²) < 4.78 is 31.1. The van der Waals surface area contributed by atoms with Gasteiger partial charge < -0.3 is 4.57 Å². The number of aromatic nitrogens is 3. The van der Waals surface area contributed by atoms with E-state index in [1.54, 1.807) is 24.3 Å². The standard InChI is InChI=1S/C29H39N5O2S/c1-21(2)29-32-31-22(3)34(29)27-18-25-14-15-26(19-27)33(25)17-16-24(23-10-6-4-7-11-23)20-30-37(35,36)28-12-8-5-9-13-28/h4-13,21,24-27,30H,14-20H2,1-3H3/t24?,25-,26+,27+. The number of nitrogens with zero attached hydrogens (tertiary/aromatic N) is 4. The molecule has 37 heavy (non-hydrogen) atoms. The molecule has 3 heterocycles.